The summed E-state index contributed by atoms with van der Waals surface area (Å²) >= 11 is 0. The molecule has 0 aliphatic heterocycles. The molecule has 1 aliphatic rings. The van der Waals surface area contributed by atoms with E-state index in [0.717, 1.165) is 31.4 Å². The van der Waals surface area contributed by atoms with Gasteiger partial charge in [-0.05, 0) is 50.7 Å². The molecule has 0 bridgehead atoms. The number of pyridine rings is 1. The SMILES string of the molecule is C[C@@H](N)C1CCC(C(=O)Nc2ccncc2)CC1.Cl. The highest BCUT2D eigenvalue weighted by atomic mass is 35.5. The van der Waals surface area contributed by atoms with Crippen LogP contribution >= 0.6 is 12.4 Å². The van der Waals surface area contributed by atoms with E-state index in [-0.39, 0.29) is 30.3 Å². The summed E-state index contributed by atoms with van der Waals surface area (Å²) in [4.78, 5) is 16.0. The molecule has 3 N–H and O–H groups in total. The maximum absolute atomic E-state index is 12.1. The van der Waals surface area contributed by atoms with E-state index in [0.29, 0.717) is 5.92 Å². The van der Waals surface area contributed by atoms with Crippen molar-refractivity contribution in [3.05, 3.63) is 24.5 Å². The van der Waals surface area contributed by atoms with Crippen molar-refractivity contribution in [1.29, 1.82) is 0 Å². The Morgan fingerprint density at radius 2 is 1.89 bits per heavy atom. The predicted molar refractivity (Wildman–Crippen MR) is 79.2 cm³/mol. The highest BCUT2D eigenvalue weighted by Crippen LogP contribution is 2.30. The topological polar surface area (TPSA) is 68.0 Å². The lowest BCUT2D eigenvalue weighted by atomic mass is 9.79. The Balaban J connectivity index is 0.00000180. The van der Waals surface area contributed by atoms with Crippen LogP contribution < -0.4 is 11.1 Å². The van der Waals surface area contributed by atoms with Crippen molar-refractivity contribution >= 4 is 24.0 Å². The monoisotopic (exact) mass is 283 g/mol. The van der Waals surface area contributed by atoms with Crippen molar-refractivity contribution in [2.24, 2.45) is 17.6 Å². The zero-order chi connectivity index (χ0) is 13.0. The Bertz CT molecular complexity index is 389. The van der Waals surface area contributed by atoms with Crippen LogP contribution in [0, 0.1) is 11.8 Å². The zero-order valence-electron chi connectivity index (χ0n) is 11.2. The molecule has 1 aromatic rings. The molecular weight excluding hydrogens is 262 g/mol. The molecule has 0 spiro atoms. The lowest BCUT2D eigenvalue weighted by molar-refractivity contribution is -0.121. The summed E-state index contributed by atoms with van der Waals surface area (Å²) in [6.07, 6.45) is 7.38. The Hall–Kier alpha value is -1.13. The average Bonchev–Trinajstić information content (AvgIpc) is 2.40. The summed E-state index contributed by atoms with van der Waals surface area (Å²) < 4.78 is 0. The van der Waals surface area contributed by atoms with Gasteiger partial charge in [0, 0.05) is 30.0 Å². The average molecular weight is 284 g/mol. The Morgan fingerprint density at radius 3 is 2.42 bits per heavy atom. The molecule has 1 heterocycles. The van der Waals surface area contributed by atoms with Gasteiger partial charge in [0.1, 0.15) is 0 Å². The fourth-order valence-corrected chi connectivity index (χ4v) is 2.59. The van der Waals surface area contributed by atoms with Crippen molar-refractivity contribution in [3.8, 4) is 0 Å². The van der Waals surface area contributed by atoms with Crippen molar-refractivity contribution in [2.45, 2.75) is 38.6 Å². The normalized spacial score (nSPS) is 24.1. The summed E-state index contributed by atoms with van der Waals surface area (Å²) in [7, 11) is 0. The number of hydrogen-bond acceptors (Lipinski definition) is 3. The van der Waals surface area contributed by atoms with Crippen LogP contribution in [0.15, 0.2) is 24.5 Å². The number of carbonyl (C=O) groups excluding carboxylic acids is 1. The molecule has 2 rings (SSSR count). The molecule has 0 radical (unpaired) electrons. The fourth-order valence-electron chi connectivity index (χ4n) is 2.59. The standard InChI is InChI=1S/C14H21N3O.ClH/c1-10(15)11-2-4-12(5-3-11)14(18)17-13-6-8-16-9-7-13;/h6-12H,2-5,15H2,1H3,(H,16,17,18);1H/t10-,11?,12?;/m1./s1. The molecule has 0 unspecified atom stereocenters. The van der Waals surface area contributed by atoms with Crippen LogP contribution in [0.2, 0.25) is 0 Å². The molecular formula is C14H22ClN3O. The number of aromatic nitrogens is 1. The maximum Gasteiger partial charge on any atom is 0.227 e. The van der Waals surface area contributed by atoms with Gasteiger partial charge in [0.25, 0.3) is 0 Å². The molecule has 1 atom stereocenters. The number of hydrogen-bond donors (Lipinski definition) is 2. The van der Waals surface area contributed by atoms with E-state index in [1.165, 1.54) is 0 Å². The number of nitrogens with zero attached hydrogens (tertiary/aromatic N) is 1. The van der Waals surface area contributed by atoms with E-state index in [1.54, 1.807) is 12.4 Å². The summed E-state index contributed by atoms with van der Waals surface area (Å²) in [6, 6.07) is 3.87. The van der Waals surface area contributed by atoms with E-state index in [4.69, 9.17) is 5.73 Å². The van der Waals surface area contributed by atoms with E-state index < -0.39 is 0 Å². The third-order valence-electron chi connectivity index (χ3n) is 3.83. The van der Waals surface area contributed by atoms with Gasteiger partial charge >= 0.3 is 0 Å². The second kappa shape index (κ2) is 7.46. The highest BCUT2D eigenvalue weighted by molar-refractivity contribution is 5.92. The summed E-state index contributed by atoms with van der Waals surface area (Å²) in [5, 5.41) is 2.95. The van der Waals surface area contributed by atoms with Crippen molar-refractivity contribution in [2.75, 3.05) is 5.32 Å². The van der Waals surface area contributed by atoms with Gasteiger partial charge in [0.05, 0.1) is 0 Å². The van der Waals surface area contributed by atoms with Crippen LogP contribution in [-0.2, 0) is 4.79 Å². The van der Waals surface area contributed by atoms with Gasteiger partial charge in [-0.15, -0.1) is 12.4 Å². The van der Waals surface area contributed by atoms with Crippen LogP contribution in [0.3, 0.4) is 0 Å². The molecule has 1 aliphatic carbocycles. The summed E-state index contributed by atoms with van der Waals surface area (Å²) in [5.41, 5.74) is 6.73. The van der Waals surface area contributed by atoms with E-state index >= 15 is 0 Å². The minimum absolute atomic E-state index is 0. The molecule has 1 saturated carbocycles. The number of carbonyl (C=O) groups is 1. The van der Waals surface area contributed by atoms with Gasteiger partial charge in [-0.3, -0.25) is 9.78 Å². The third-order valence-corrected chi connectivity index (χ3v) is 3.83. The number of nitrogens with one attached hydrogen (secondary N) is 1. The molecule has 106 valence electrons. The van der Waals surface area contributed by atoms with Gasteiger partial charge < -0.3 is 11.1 Å². The van der Waals surface area contributed by atoms with Crippen LogP contribution in [0.1, 0.15) is 32.6 Å². The predicted octanol–water partition coefficient (Wildman–Crippen LogP) is 2.60. The van der Waals surface area contributed by atoms with Crippen LogP contribution in [-0.4, -0.2) is 16.9 Å². The zero-order valence-corrected chi connectivity index (χ0v) is 12.0. The molecule has 1 aromatic heterocycles. The minimum atomic E-state index is 0. The minimum Gasteiger partial charge on any atom is -0.328 e. The number of nitrogens with two attached hydrogens (primary N) is 1. The second-order valence-electron chi connectivity index (χ2n) is 5.20. The Kier molecular flexibility index (Phi) is 6.25. The Labute approximate surface area is 120 Å². The highest BCUT2D eigenvalue weighted by Gasteiger charge is 2.27. The van der Waals surface area contributed by atoms with Gasteiger partial charge in [0.15, 0.2) is 0 Å². The summed E-state index contributed by atoms with van der Waals surface area (Å²) in [5.74, 6) is 0.840. The van der Waals surface area contributed by atoms with Gasteiger partial charge in [-0.25, -0.2) is 0 Å². The van der Waals surface area contributed by atoms with Crippen molar-refractivity contribution in [1.82, 2.24) is 4.98 Å². The van der Waals surface area contributed by atoms with E-state index in [9.17, 15) is 4.79 Å². The molecule has 1 amide bonds. The molecule has 19 heavy (non-hydrogen) atoms. The number of rotatable bonds is 3. The van der Waals surface area contributed by atoms with Crippen LogP contribution in [0.4, 0.5) is 5.69 Å². The molecule has 1 fully saturated rings. The van der Waals surface area contributed by atoms with E-state index in [1.807, 2.05) is 12.1 Å². The van der Waals surface area contributed by atoms with Crippen molar-refractivity contribution in [3.63, 3.8) is 0 Å². The third kappa shape index (κ3) is 4.48. The summed E-state index contributed by atoms with van der Waals surface area (Å²) in [6.45, 7) is 2.06. The number of halogens is 1. The first kappa shape index (κ1) is 15.9. The fraction of sp³-hybridized carbons (Fsp3) is 0.571. The lowest BCUT2D eigenvalue weighted by Crippen LogP contribution is -2.33. The lowest BCUT2D eigenvalue weighted by Gasteiger charge is -2.29. The number of anilines is 1. The number of amides is 1. The van der Waals surface area contributed by atoms with Crippen molar-refractivity contribution < 1.29 is 4.79 Å². The van der Waals surface area contributed by atoms with Gasteiger partial charge in [0.2, 0.25) is 5.91 Å². The Morgan fingerprint density at radius 1 is 1.32 bits per heavy atom. The van der Waals surface area contributed by atoms with Crippen LogP contribution in [0.25, 0.3) is 0 Å². The smallest absolute Gasteiger partial charge is 0.227 e. The quantitative estimate of drug-likeness (QED) is 0.896. The first-order chi connectivity index (χ1) is 8.66. The molecule has 0 saturated heterocycles. The first-order valence-electron chi connectivity index (χ1n) is 6.63. The molecule has 0 aromatic carbocycles. The maximum atomic E-state index is 12.1. The molecule has 4 nitrogen and oxygen atoms in total. The van der Waals surface area contributed by atoms with Gasteiger partial charge in [-0.1, -0.05) is 0 Å². The second-order valence-corrected chi connectivity index (χ2v) is 5.20. The van der Waals surface area contributed by atoms with E-state index in [2.05, 4.69) is 17.2 Å². The largest absolute Gasteiger partial charge is 0.328 e. The van der Waals surface area contributed by atoms with Crippen LogP contribution in [0.5, 0.6) is 0 Å². The first-order valence-corrected chi connectivity index (χ1v) is 6.63. The van der Waals surface area contributed by atoms with Gasteiger partial charge in [-0.2, -0.15) is 0 Å². The molecule has 5 heteroatoms.